The van der Waals surface area contributed by atoms with Gasteiger partial charge in [-0.05, 0) is 109 Å². The van der Waals surface area contributed by atoms with Crippen molar-refractivity contribution in [2.24, 2.45) is 0 Å². The Bertz CT molecular complexity index is 1740. The second-order valence-electron chi connectivity index (χ2n) is 13.0. The standard InChI is InChI=1S/C36H34N2O4/c1-35(2,3)25-9-13-27(14-10-25)42-28-15-11-26(12-16-28)38-33(40)30-18-8-23(20-31(30)34(38)41)22-7-17-29-24(19-22)21-37(32(29)39)36(4,5)6/h7-20H,21H2,1-6H3. The van der Waals surface area contributed by atoms with Crippen LogP contribution in [0.25, 0.3) is 11.1 Å². The maximum absolute atomic E-state index is 13.5. The number of nitrogens with zero attached hydrogens (tertiary/aromatic N) is 2. The highest BCUT2D eigenvalue weighted by molar-refractivity contribution is 6.34. The van der Waals surface area contributed by atoms with Gasteiger partial charge in [-0.2, -0.15) is 0 Å². The zero-order valence-corrected chi connectivity index (χ0v) is 24.8. The molecule has 2 aliphatic rings. The molecule has 0 aliphatic carbocycles. The van der Waals surface area contributed by atoms with E-state index in [-0.39, 0.29) is 28.7 Å². The number of benzene rings is 4. The van der Waals surface area contributed by atoms with Crippen molar-refractivity contribution in [3.63, 3.8) is 0 Å². The molecular formula is C36H34N2O4. The third kappa shape index (κ3) is 4.77. The van der Waals surface area contributed by atoms with Gasteiger partial charge >= 0.3 is 0 Å². The smallest absolute Gasteiger partial charge is 0.266 e. The molecule has 6 heteroatoms. The molecule has 0 bridgehead atoms. The van der Waals surface area contributed by atoms with Crippen LogP contribution in [0.3, 0.4) is 0 Å². The Morgan fingerprint density at radius 3 is 1.74 bits per heavy atom. The number of hydrogen-bond donors (Lipinski definition) is 0. The largest absolute Gasteiger partial charge is 0.457 e. The van der Waals surface area contributed by atoms with Crippen LogP contribution in [-0.4, -0.2) is 28.2 Å². The number of anilines is 1. The Labute approximate surface area is 246 Å². The number of imide groups is 1. The first-order chi connectivity index (χ1) is 19.8. The van der Waals surface area contributed by atoms with E-state index in [1.54, 1.807) is 36.4 Å². The number of amides is 3. The van der Waals surface area contributed by atoms with Crippen LogP contribution < -0.4 is 9.64 Å². The van der Waals surface area contributed by atoms with Crippen LogP contribution in [0, 0.1) is 0 Å². The van der Waals surface area contributed by atoms with Crippen molar-refractivity contribution in [2.45, 2.75) is 59.0 Å². The van der Waals surface area contributed by atoms with Crippen LogP contribution in [-0.2, 0) is 12.0 Å². The maximum Gasteiger partial charge on any atom is 0.266 e. The van der Waals surface area contributed by atoms with Gasteiger partial charge in [0.1, 0.15) is 11.5 Å². The van der Waals surface area contributed by atoms with E-state index in [0.717, 1.165) is 16.7 Å². The van der Waals surface area contributed by atoms with Crippen molar-refractivity contribution in [2.75, 3.05) is 4.90 Å². The van der Waals surface area contributed by atoms with Gasteiger partial charge in [0.2, 0.25) is 0 Å². The summed E-state index contributed by atoms with van der Waals surface area (Å²) in [5, 5.41) is 0. The summed E-state index contributed by atoms with van der Waals surface area (Å²) in [5.41, 5.74) is 5.62. The van der Waals surface area contributed by atoms with Gasteiger partial charge in [-0.15, -0.1) is 0 Å². The minimum Gasteiger partial charge on any atom is -0.457 e. The van der Waals surface area contributed by atoms with Gasteiger partial charge in [0.05, 0.1) is 16.8 Å². The van der Waals surface area contributed by atoms with Gasteiger partial charge < -0.3 is 9.64 Å². The molecular weight excluding hydrogens is 524 g/mol. The summed E-state index contributed by atoms with van der Waals surface area (Å²) < 4.78 is 5.99. The summed E-state index contributed by atoms with van der Waals surface area (Å²) >= 11 is 0. The van der Waals surface area contributed by atoms with Gasteiger partial charge in [0, 0.05) is 17.6 Å². The highest BCUT2D eigenvalue weighted by Crippen LogP contribution is 2.36. The predicted octanol–water partition coefficient (Wildman–Crippen LogP) is 8.00. The van der Waals surface area contributed by atoms with Crippen LogP contribution in [0.5, 0.6) is 11.5 Å². The molecule has 6 nitrogen and oxygen atoms in total. The fraction of sp³-hybridized carbons (Fsp3) is 0.250. The van der Waals surface area contributed by atoms with E-state index in [1.165, 1.54) is 10.5 Å². The van der Waals surface area contributed by atoms with E-state index in [1.807, 2.05) is 62.1 Å². The third-order valence-electron chi connectivity index (χ3n) is 7.99. The number of rotatable bonds is 4. The molecule has 0 N–H and O–H groups in total. The summed E-state index contributed by atoms with van der Waals surface area (Å²) in [6.45, 7) is 13.1. The molecule has 0 radical (unpaired) electrons. The predicted molar refractivity (Wildman–Crippen MR) is 164 cm³/mol. The maximum atomic E-state index is 13.5. The Balaban J connectivity index is 1.21. The Morgan fingerprint density at radius 1 is 0.595 bits per heavy atom. The molecule has 4 aromatic carbocycles. The molecule has 0 aromatic heterocycles. The van der Waals surface area contributed by atoms with Crippen molar-refractivity contribution in [3.05, 3.63) is 113 Å². The summed E-state index contributed by atoms with van der Waals surface area (Å²) in [6.07, 6.45) is 0. The summed E-state index contributed by atoms with van der Waals surface area (Å²) in [4.78, 5) is 42.7. The normalized spacial score (nSPS) is 14.9. The number of fused-ring (bicyclic) bond motifs is 2. The minimum atomic E-state index is -0.362. The lowest BCUT2D eigenvalue weighted by molar-refractivity contribution is 0.0609. The zero-order valence-electron chi connectivity index (χ0n) is 24.8. The SMILES string of the molecule is CC(C)(C)c1ccc(Oc2ccc(N3C(=O)c4ccc(-c5ccc6c(c5)CN(C(C)(C)C)C6=O)cc4C3=O)cc2)cc1. The molecule has 0 spiro atoms. The van der Waals surface area contributed by atoms with Gasteiger partial charge in [0.15, 0.2) is 0 Å². The van der Waals surface area contributed by atoms with E-state index >= 15 is 0 Å². The summed E-state index contributed by atoms with van der Waals surface area (Å²) in [6, 6.07) is 26.1. The quantitative estimate of drug-likeness (QED) is 0.238. The van der Waals surface area contributed by atoms with Gasteiger partial charge in [-0.25, -0.2) is 4.90 Å². The topological polar surface area (TPSA) is 66.9 Å². The Hall–Kier alpha value is -4.71. The molecule has 2 aliphatic heterocycles. The fourth-order valence-electron chi connectivity index (χ4n) is 5.52. The average molecular weight is 559 g/mol. The van der Waals surface area contributed by atoms with E-state index in [9.17, 15) is 14.4 Å². The number of carbonyl (C=O) groups is 3. The molecule has 0 fully saturated rings. The molecule has 0 unspecified atom stereocenters. The minimum absolute atomic E-state index is 0.0317. The van der Waals surface area contributed by atoms with E-state index in [0.29, 0.717) is 40.4 Å². The second-order valence-corrected chi connectivity index (χ2v) is 13.0. The summed E-state index contributed by atoms with van der Waals surface area (Å²) in [7, 11) is 0. The highest BCUT2D eigenvalue weighted by Gasteiger charge is 2.38. The molecule has 4 aromatic rings. The molecule has 3 amide bonds. The summed E-state index contributed by atoms with van der Waals surface area (Å²) in [5.74, 6) is 0.642. The van der Waals surface area contributed by atoms with Crippen LogP contribution >= 0.6 is 0 Å². The highest BCUT2D eigenvalue weighted by atomic mass is 16.5. The third-order valence-corrected chi connectivity index (χ3v) is 7.99. The van der Waals surface area contributed by atoms with E-state index in [2.05, 4.69) is 32.9 Å². The van der Waals surface area contributed by atoms with Crippen molar-refractivity contribution in [1.82, 2.24) is 4.90 Å². The van der Waals surface area contributed by atoms with Crippen LogP contribution in [0.2, 0.25) is 0 Å². The molecule has 2 heterocycles. The van der Waals surface area contributed by atoms with E-state index in [4.69, 9.17) is 4.74 Å². The fourth-order valence-corrected chi connectivity index (χ4v) is 5.52. The molecule has 0 saturated carbocycles. The van der Waals surface area contributed by atoms with Crippen molar-refractivity contribution in [3.8, 4) is 22.6 Å². The molecule has 0 atom stereocenters. The lowest BCUT2D eigenvalue weighted by Gasteiger charge is -2.31. The van der Waals surface area contributed by atoms with E-state index < -0.39 is 0 Å². The van der Waals surface area contributed by atoms with Gasteiger partial charge in [0.25, 0.3) is 17.7 Å². The van der Waals surface area contributed by atoms with Gasteiger partial charge in [-0.1, -0.05) is 45.0 Å². The Kier molecular flexibility index (Phi) is 6.34. The van der Waals surface area contributed by atoms with Crippen molar-refractivity contribution < 1.29 is 19.1 Å². The van der Waals surface area contributed by atoms with Crippen molar-refractivity contribution >= 4 is 23.4 Å². The first-order valence-corrected chi connectivity index (χ1v) is 14.2. The lowest BCUT2D eigenvalue weighted by atomic mass is 9.87. The van der Waals surface area contributed by atoms with Crippen molar-refractivity contribution in [1.29, 1.82) is 0 Å². The van der Waals surface area contributed by atoms with Crippen LogP contribution in [0.15, 0.2) is 84.9 Å². The first kappa shape index (κ1) is 27.5. The first-order valence-electron chi connectivity index (χ1n) is 14.2. The van der Waals surface area contributed by atoms with Crippen LogP contribution in [0.1, 0.15) is 83.7 Å². The number of carbonyl (C=O) groups excluding carboxylic acids is 3. The Morgan fingerprint density at radius 2 is 1.14 bits per heavy atom. The number of hydrogen-bond acceptors (Lipinski definition) is 4. The zero-order chi connectivity index (χ0) is 30.0. The monoisotopic (exact) mass is 558 g/mol. The molecule has 212 valence electrons. The molecule has 0 saturated heterocycles. The van der Waals surface area contributed by atoms with Crippen LogP contribution in [0.4, 0.5) is 5.69 Å². The molecule has 42 heavy (non-hydrogen) atoms. The second kappa shape index (κ2) is 9.69. The molecule has 6 rings (SSSR count). The number of ether oxygens (including phenoxy) is 1. The van der Waals surface area contributed by atoms with Gasteiger partial charge in [-0.3, -0.25) is 14.4 Å². The average Bonchev–Trinajstić information content (AvgIpc) is 3.41. The lowest BCUT2D eigenvalue weighted by Crippen LogP contribution is -2.41.